The number of aromatic nitrogens is 1. The van der Waals surface area contributed by atoms with Crippen molar-refractivity contribution in [2.45, 2.75) is 19.8 Å². The molecule has 1 aromatic rings. The number of hydrogen-bond acceptors (Lipinski definition) is 3. The fourth-order valence-corrected chi connectivity index (χ4v) is 1.12. The first-order valence-electron chi connectivity index (χ1n) is 4.63. The minimum absolute atomic E-state index is 0.137. The highest BCUT2D eigenvalue weighted by atomic mass is 16.4. The van der Waals surface area contributed by atoms with Crippen molar-refractivity contribution in [3.8, 4) is 0 Å². The van der Waals surface area contributed by atoms with Gasteiger partial charge in [-0.25, -0.2) is 9.78 Å². The largest absolute Gasteiger partial charge is 0.476 e. The molecule has 0 fully saturated rings. The molecule has 0 unspecified atom stereocenters. The molecule has 1 rings (SSSR count). The summed E-state index contributed by atoms with van der Waals surface area (Å²) in [6, 6.07) is 3.10. The quantitative estimate of drug-likeness (QED) is 0.786. The highest BCUT2D eigenvalue weighted by molar-refractivity contribution is 5.98. The molecule has 15 heavy (non-hydrogen) atoms. The van der Waals surface area contributed by atoms with Gasteiger partial charge in [0, 0.05) is 12.6 Å². The number of carbonyl (C=O) groups is 2. The van der Waals surface area contributed by atoms with E-state index in [1.807, 2.05) is 6.92 Å². The van der Waals surface area contributed by atoms with Crippen molar-refractivity contribution in [3.05, 3.63) is 24.0 Å². The van der Waals surface area contributed by atoms with Crippen LogP contribution in [0.2, 0.25) is 0 Å². The first-order chi connectivity index (χ1) is 7.15. The first kappa shape index (κ1) is 11.2. The van der Waals surface area contributed by atoms with Crippen LogP contribution >= 0.6 is 0 Å². The Kier molecular flexibility index (Phi) is 3.79. The predicted molar refractivity (Wildman–Crippen MR) is 54.7 cm³/mol. The highest BCUT2D eigenvalue weighted by Gasteiger charge is 2.12. The van der Waals surface area contributed by atoms with Gasteiger partial charge >= 0.3 is 5.97 Å². The van der Waals surface area contributed by atoms with E-state index in [1.54, 1.807) is 6.07 Å². The van der Waals surface area contributed by atoms with Crippen LogP contribution < -0.4 is 5.32 Å². The van der Waals surface area contributed by atoms with Crippen LogP contribution in [-0.2, 0) is 4.79 Å². The molecule has 0 aliphatic heterocycles. The molecule has 0 aliphatic carbocycles. The van der Waals surface area contributed by atoms with E-state index < -0.39 is 5.97 Å². The molecule has 5 nitrogen and oxygen atoms in total. The molecule has 0 saturated carbocycles. The Morgan fingerprint density at radius 3 is 2.87 bits per heavy atom. The third-order valence-electron chi connectivity index (χ3n) is 1.76. The minimum atomic E-state index is -1.15. The molecular weight excluding hydrogens is 196 g/mol. The van der Waals surface area contributed by atoms with Crippen molar-refractivity contribution in [2.24, 2.45) is 0 Å². The average Bonchev–Trinajstić information content (AvgIpc) is 2.18. The van der Waals surface area contributed by atoms with Gasteiger partial charge in [0.2, 0.25) is 5.91 Å². The van der Waals surface area contributed by atoms with Gasteiger partial charge in [-0.05, 0) is 18.6 Å². The summed E-state index contributed by atoms with van der Waals surface area (Å²) >= 11 is 0. The Labute approximate surface area is 87.1 Å². The molecule has 0 aromatic carbocycles. The van der Waals surface area contributed by atoms with E-state index in [2.05, 4.69) is 10.3 Å². The van der Waals surface area contributed by atoms with Crippen molar-refractivity contribution in [2.75, 3.05) is 5.32 Å². The number of anilines is 1. The maximum Gasteiger partial charge on any atom is 0.356 e. The molecule has 0 bridgehead atoms. The van der Waals surface area contributed by atoms with Gasteiger partial charge in [-0.3, -0.25) is 4.79 Å². The van der Waals surface area contributed by atoms with Crippen LogP contribution in [0.5, 0.6) is 0 Å². The number of hydrogen-bond donors (Lipinski definition) is 2. The fraction of sp³-hybridized carbons (Fsp3) is 0.300. The van der Waals surface area contributed by atoms with Crippen molar-refractivity contribution >= 4 is 17.6 Å². The number of nitrogens with zero attached hydrogens (tertiary/aromatic N) is 1. The molecule has 1 heterocycles. The number of pyridine rings is 1. The summed E-state index contributed by atoms with van der Waals surface area (Å²) in [6.07, 6.45) is 2.46. The molecule has 0 spiro atoms. The summed E-state index contributed by atoms with van der Waals surface area (Å²) in [4.78, 5) is 25.7. The van der Waals surface area contributed by atoms with Crippen LogP contribution in [0.3, 0.4) is 0 Å². The van der Waals surface area contributed by atoms with Gasteiger partial charge in [0.1, 0.15) is 0 Å². The van der Waals surface area contributed by atoms with Gasteiger partial charge < -0.3 is 10.4 Å². The van der Waals surface area contributed by atoms with Crippen LogP contribution in [0.15, 0.2) is 18.3 Å². The van der Waals surface area contributed by atoms with Crippen molar-refractivity contribution in [3.63, 3.8) is 0 Å². The Bertz CT molecular complexity index is 377. The van der Waals surface area contributed by atoms with Crippen LogP contribution in [0, 0.1) is 0 Å². The van der Waals surface area contributed by atoms with E-state index in [0.29, 0.717) is 12.8 Å². The highest BCUT2D eigenvalue weighted by Crippen LogP contribution is 2.12. The van der Waals surface area contributed by atoms with Gasteiger partial charge in [-0.15, -0.1) is 0 Å². The Hall–Kier alpha value is -1.91. The molecule has 0 aliphatic rings. The number of nitrogens with one attached hydrogen (secondary N) is 1. The summed E-state index contributed by atoms with van der Waals surface area (Å²) in [5.74, 6) is -1.35. The lowest BCUT2D eigenvalue weighted by atomic mass is 10.2. The van der Waals surface area contributed by atoms with E-state index in [0.717, 1.165) is 0 Å². The van der Waals surface area contributed by atoms with Crippen LogP contribution in [-0.4, -0.2) is 22.0 Å². The summed E-state index contributed by atoms with van der Waals surface area (Å²) in [7, 11) is 0. The first-order valence-corrected chi connectivity index (χ1v) is 4.63. The SMILES string of the molecule is CCCC(=O)Nc1cccnc1C(=O)O. The summed E-state index contributed by atoms with van der Waals surface area (Å²) in [5, 5.41) is 11.3. The Morgan fingerprint density at radius 2 is 2.27 bits per heavy atom. The van der Waals surface area contributed by atoms with Gasteiger partial charge in [-0.2, -0.15) is 0 Å². The minimum Gasteiger partial charge on any atom is -0.476 e. The number of carboxylic acid groups (broad SMARTS) is 1. The zero-order valence-corrected chi connectivity index (χ0v) is 8.36. The van der Waals surface area contributed by atoms with E-state index >= 15 is 0 Å². The topological polar surface area (TPSA) is 79.3 Å². The lowest BCUT2D eigenvalue weighted by molar-refractivity contribution is -0.116. The molecule has 0 radical (unpaired) electrons. The average molecular weight is 208 g/mol. The summed E-state index contributed by atoms with van der Waals surface area (Å²) in [5.41, 5.74) is 0.102. The number of amides is 1. The molecule has 0 saturated heterocycles. The van der Waals surface area contributed by atoms with E-state index in [1.165, 1.54) is 12.3 Å². The normalized spacial score (nSPS) is 9.67. The number of carbonyl (C=O) groups excluding carboxylic acids is 1. The van der Waals surface area contributed by atoms with Gasteiger partial charge in [-0.1, -0.05) is 6.92 Å². The maximum absolute atomic E-state index is 11.3. The number of aromatic carboxylic acids is 1. The standard InChI is InChI=1S/C10H12N2O3/c1-2-4-8(13)12-7-5-3-6-11-9(7)10(14)15/h3,5-6H,2,4H2,1H3,(H,12,13)(H,14,15). The van der Waals surface area contributed by atoms with Gasteiger partial charge in [0.15, 0.2) is 5.69 Å². The summed E-state index contributed by atoms with van der Waals surface area (Å²) in [6.45, 7) is 1.88. The third kappa shape index (κ3) is 3.05. The number of rotatable bonds is 4. The smallest absolute Gasteiger partial charge is 0.356 e. The maximum atomic E-state index is 11.3. The second-order valence-electron chi connectivity index (χ2n) is 3.00. The van der Waals surface area contributed by atoms with E-state index in [4.69, 9.17) is 5.11 Å². The van der Waals surface area contributed by atoms with Crippen LogP contribution in [0.25, 0.3) is 0 Å². The molecular formula is C10H12N2O3. The van der Waals surface area contributed by atoms with Crippen LogP contribution in [0.4, 0.5) is 5.69 Å². The van der Waals surface area contributed by atoms with Gasteiger partial charge in [0.05, 0.1) is 5.69 Å². The lowest BCUT2D eigenvalue weighted by Crippen LogP contribution is -2.14. The zero-order valence-electron chi connectivity index (χ0n) is 8.36. The second kappa shape index (κ2) is 5.09. The van der Waals surface area contributed by atoms with Crippen molar-refractivity contribution < 1.29 is 14.7 Å². The van der Waals surface area contributed by atoms with Crippen molar-refractivity contribution in [1.82, 2.24) is 4.98 Å². The third-order valence-corrected chi connectivity index (χ3v) is 1.76. The monoisotopic (exact) mass is 208 g/mol. The predicted octanol–water partition coefficient (Wildman–Crippen LogP) is 1.52. The Morgan fingerprint density at radius 1 is 1.53 bits per heavy atom. The molecule has 0 atom stereocenters. The summed E-state index contributed by atoms with van der Waals surface area (Å²) < 4.78 is 0. The Balaban J connectivity index is 2.84. The molecule has 2 N–H and O–H groups in total. The van der Waals surface area contributed by atoms with Crippen molar-refractivity contribution in [1.29, 1.82) is 0 Å². The zero-order chi connectivity index (χ0) is 11.3. The molecule has 1 amide bonds. The lowest BCUT2D eigenvalue weighted by Gasteiger charge is -2.06. The van der Waals surface area contributed by atoms with E-state index in [-0.39, 0.29) is 17.3 Å². The molecule has 1 aromatic heterocycles. The molecule has 5 heteroatoms. The fourth-order valence-electron chi connectivity index (χ4n) is 1.12. The van der Waals surface area contributed by atoms with Gasteiger partial charge in [0.25, 0.3) is 0 Å². The van der Waals surface area contributed by atoms with Crippen LogP contribution in [0.1, 0.15) is 30.3 Å². The molecule has 80 valence electrons. The second-order valence-corrected chi connectivity index (χ2v) is 3.00. The van der Waals surface area contributed by atoms with E-state index in [9.17, 15) is 9.59 Å². The number of carboxylic acids is 1.